The van der Waals surface area contributed by atoms with Gasteiger partial charge in [0.05, 0.1) is 21.6 Å². The van der Waals surface area contributed by atoms with Crippen LogP contribution in [0.15, 0.2) is 52.5 Å². The quantitative estimate of drug-likeness (QED) is 0.565. The number of hydrogen-bond donors (Lipinski definition) is 2. The van der Waals surface area contributed by atoms with Gasteiger partial charge in [0.15, 0.2) is 0 Å². The van der Waals surface area contributed by atoms with Gasteiger partial charge >= 0.3 is 0 Å². The van der Waals surface area contributed by atoms with Crippen molar-refractivity contribution in [3.8, 4) is 0 Å². The Hall–Kier alpha value is -2.19. The van der Waals surface area contributed by atoms with E-state index in [9.17, 15) is 9.59 Å². The number of hydrogen-bond acceptors (Lipinski definition) is 5. The first-order chi connectivity index (χ1) is 13.5. The molecule has 0 fully saturated rings. The van der Waals surface area contributed by atoms with Gasteiger partial charge in [-0.25, -0.2) is 0 Å². The standard InChI is InChI=1S/C20H20ClN3O2S2/c1-24(2)17(14-7-9-27-12-14)11-22-19(25)13-5-6-15(21)16(10-13)23-20(26)18-4-3-8-28-18/h3-10,12,17H,11H2,1-2H3,(H,22,25)(H,23,26). The number of nitrogens with one attached hydrogen (secondary N) is 2. The molecule has 1 atom stereocenters. The van der Waals surface area contributed by atoms with Gasteiger partial charge < -0.3 is 15.5 Å². The fourth-order valence-corrected chi connectivity index (χ4v) is 4.20. The molecule has 3 aromatic rings. The van der Waals surface area contributed by atoms with Gasteiger partial charge in [-0.3, -0.25) is 9.59 Å². The lowest BCUT2D eigenvalue weighted by molar-refractivity contribution is 0.0940. The maximum absolute atomic E-state index is 12.6. The second-order valence-electron chi connectivity index (χ2n) is 6.37. The molecule has 1 unspecified atom stereocenters. The van der Waals surface area contributed by atoms with Gasteiger partial charge in [0.25, 0.3) is 11.8 Å². The summed E-state index contributed by atoms with van der Waals surface area (Å²) in [6, 6.07) is 10.5. The van der Waals surface area contributed by atoms with E-state index in [2.05, 4.69) is 27.0 Å². The molecule has 3 rings (SSSR count). The van der Waals surface area contributed by atoms with Crippen molar-refractivity contribution in [2.75, 3.05) is 26.0 Å². The second-order valence-corrected chi connectivity index (χ2v) is 8.51. The van der Waals surface area contributed by atoms with Crippen molar-refractivity contribution in [2.45, 2.75) is 6.04 Å². The zero-order valence-electron chi connectivity index (χ0n) is 15.4. The van der Waals surface area contributed by atoms with Gasteiger partial charge in [0.1, 0.15) is 0 Å². The van der Waals surface area contributed by atoms with E-state index in [1.165, 1.54) is 11.3 Å². The van der Waals surface area contributed by atoms with Gasteiger partial charge in [0.2, 0.25) is 0 Å². The fraction of sp³-hybridized carbons (Fsp3) is 0.200. The van der Waals surface area contributed by atoms with E-state index in [0.717, 1.165) is 5.56 Å². The van der Waals surface area contributed by atoms with Crippen LogP contribution in [0, 0.1) is 0 Å². The normalized spacial score (nSPS) is 12.0. The van der Waals surface area contributed by atoms with Crippen molar-refractivity contribution in [3.63, 3.8) is 0 Å². The minimum Gasteiger partial charge on any atom is -0.350 e. The number of likely N-dealkylation sites (N-methyl/N-ethyl adjacent to an activating group) is 1. The van der Waals surface area contributed by atoms with E-state index in [-0.39, 0.29) is 17.9 Å². The van der Waals surface area contributed by atoms with Crippen LogP contribution in [-0.2, 0) is 0 Å². The van der Waals surface area contributed by atoms with Crippen LogP contribution in [0.1, 0.15) is 31.6 Å². The number of anilines is 1. The third-order valence-corrected chi connectivity index (χ3v) is 6.13. The summed E-state index contributed by atoms with van der Waals surface area (Å²) < 4.78 is 0. The number of carbonyl (C=O) groups is 2. The monoisotopic (exact) mass is 433 g/mol. The van der Waals surface area contributed by atoms with Crippen molar-refractivity contribution >= 4 is 51.8 Å². The minimum absolute atomic E-state index is 0.0838. The molecule has 2 aromatic heterocycles. The molecule has 2 heterocycles. The van der Waals surface area contributed by atoms with E-state index in [1.807, 2.05) is 24.9 Å². The highest BCUT2D eigenvalue weighted by molar-refractivity contribution is 7.12. The van der Waals surface area contributed by atoms with Crippen molar-refractivity contribution in [1.82, 2.24) is 10.2 Å². The number of amides is 2. The lowest BCUT2D eigenvalue weighted by Gasteiger charge is -2.24. The number of nitrogens with zero attached hydrogens (tertiary/aromatic N) is 1. The summed E-state index contributed by atoms with van der Waals surface area (Å²) in [4.78, 5) is 27.5. The second kappa shape index (κ2) is 9.34. The molecule has 2 amide bonds. The van der Waals surface area contributed by atoms with E-state index in [4.69, 9.17) is 11.6 Å². The number of halogens is 1. The van der Waals surface area contributed by atoms with Crippen molar-refractivity contribution in [2.24, 2.45) is 0 Å². The Balaban J connectivity index is 1.69. The first-order valence-corrected chi connectivity index (χ1v) is 10.8. The van der Waals surface area contributed by atoms with Crippen molar-refractivity contribution in [1.29, 1.82) is 0 Å². The van der Waals surface area contributed by atoms with Gasteiger partial charge in [-0.1, -0.05) is 17.7 Å². The van der Waals surface area contributed by atoms with Crippen molar-refractivity contribution < 1.29 is 9.59 Å². The Morgan fingerprint density at radius 2 is 1.96 bits per heavy atom. The number of carbonyl (C=O) groups excluding carboxylic acids is 2. The molecule has 0 saturated carbocycles. The third-order valence-electron chi connectivity index (χ3n) is 4.23. The summed E-state index contributed by atoms with van der Waals surface area (Å²) in [5.74, 6) is -0.468. The molecule has 8 heteroatoms. The average molecular weight is 434 g/mol. The summed E-state index contributed by atoms with van der Waals surface area (Å²) in [5, 5.41) is 12.0. The Labute approximate surface area is 177 Å². The molecule has 2 N–H and O–H groups in total. The van der Waals surface area contributed by atoms with Crippen LogP contribution >= 0.6 is 34.3 Å². The van der Waals surface area contributed by atoms with Crippen LogP contribution in [-0.4, -0.2) is 37.4 Å². The molecule has 0 bridgehead atoms. The Bertz CT molecular complexity index is 941. The summed E-state index contributed by atoms with van der Waals surface area (Å²) in [5.41, 5.74) is 2.01. The summed E-state index contributed by atoms with van der Waals surface area (Å²) in [7, 11) is 3.96. The number of thiophene rings is 2. The number of benzene rings is 1. The van der Waals surface area contributed by atoms with Crippen molar-refractivity contribution in [3.05, 3.63) is 73.6 Å². The van der Waals surface area contributed by atoms with Gasteiger partial charge in [0, 0.05) is 12.1 Å². The highest BCUT2D eigenvalue weighted by atomic mass is 35.5. The zero-order chi connectivity index (χ0) is 20.1. The molecular formula is C20H20ClN3O2S2. The maximum Gasteiger partial charge on any atom is 0.265 e. The van der Waals surface area contributed by atoms with Crippen LogP contribution in [0.4, 0.5) is 5.69 Å². The first-order valence-electron chi connectivity index (χ1n) is 8.57. The highest BCUT2D eigenvalue weighted by Crippen LogP contribution is 2.25. The maximum atomic E-state index is 12.6. The Kier molecular flexibility index (Phi) is 6.85. The molecule has 0 aliphatic carbocycles. The SMILES string of the molecule is CN(C)C(CNC(=O)c1ccc(Cl)c(NC(=O)c2cccs2)c1)c1ccsc1. The molecule has 0 aliphatic heterocycles. The summed E-state index contributed by atoms with van der Waals surface area (Å²) in [6.07, 6.45) is 0. The summed E-state index contributed by atoms with van der Waals surface area (Å²) in [6.45, 7) is 0.474. The predicted octanol–water partition coefficient (Wildman–Crippen LogP) is 4.75. The Morgan fingerprint density at radius 3 is 2.61 bits per heavy atom. The zero-order valence-corrected chi connectivity index (χ0v) is 17.8. The molecule has 0 saturated heterocycles. The van der Waals surface area contributed by atoms with Crippen LogP contribution in [0.3, 0.4) is 0 Å². The van der Waals surface area contributed by atoms with Crippen LogP contribution < -0.4 is 10.6 Å². The minimum atomic E-state index is -0.250. The Morgan fingerprint density at radius 1 is 1.14 bits per heavy atom. The predicted molar refractivity (Wildman–Crippen MR) is 117 cm³/mol. The molecule has 0 aliphatic rings. The first kappa shape index (κ1) is 20.5. The molecule has 5 nitrogen and oxygen atoms in total. The lowest BCUT2D eigenvalue weighted by Crippen LogP contribution is -2.34. The molecule has 0 radical (unpaired) electrons. The van der Waals surface area contributed by atoms with Gasteiger partial charge in [-0.15, -0.1) is 11.3 Å². The van der Waals surface area contributed by atoms with Crippen LogP contribution in [0.5, 0.6) is 0 Å². The molecular weight excluding hydrogens is 414 g/mol. The molecule has 0 spiro atoms. The van der Waals surface area contributed by atoms with Gasteiger partial charge in [-0.05, 0) is 66.1 Å². The third kappa shape index (κ3) is 4.99. The largest absolute Gasteiger partial charge is 0.350 e. The molecule has 28 heavy (non-hydrogen) atoms. The lowest BCUT2D eigenvalue weighted by atomic mass is 10.1. The van der Waals surface area contributed by atoms with Gasteiger partial charge in [-0.2, -0.15) is 11.3 Å². The highest BCUT2D eigenvalue weighted by Gasteiger charge is 2.17. The van der Waals surface area contributed by atoms with Crippen LogP contribution in [0.25, 0.3) is 0 Å². The number of rotatable bonds is 7. The van der Waals surface area contributed by atoms with E-state index >= 15 is 0 Å². The van der Waals surface area contributed by atoms with E-state index in [1.54, 1.807) is 41.7 Å². The van der Waals surface area contributed by atoms with E-state index in [0.29, 0.717) is 27.7 Å². The average Bonchev–Trinajstić information content (AvgIpc) is 3.37. The van der Waals surface area contributed by atoms with E-state index < -0.39 is 0 Å². The summed E-state index contributed by atoms with van der Waals surface area (Å²) >= 11 is 9.17. The fourth-order valence-electron chi connectivity index (χ4n) is 2.71. The van der Waals surface area contributed by atoms with Crippen LogP contribution in [0.2, 0.25) is 5.02 Å². The molecule has 146 valence electrons. The topological polar surface area (TPSA) is 61.4 Å². The molecule has 1 aromatic carbocycles. The smallest absolute Gasteiger partial charge is 0.265 e.